The van der Waals surface area contributed by atoms with E-state index in [1.165, 1.54) is 17.5 Å². The normalized spacial score (nSPS) is 14.4. The van der Waals surface area contributed by atoms with E-state index < -0.39 is 0 Å². The Labute approximate surface area is 238 Å². The van der Waals surface area contributed by atoms with Crippen LogP contribution in [0.15, 0.2) is 84.3 Å². The second-order valence-corrected chi connectivity index (χ2v) is 11.5. The molecule has 1 N–H and O–H groups in total. The van der Waals surface area contributed by atoms with Gasteiger partial charge in [0.1, 0.15) is 5.65 Å². The van der Waals surface area contributed by atoms with Crippen LogP contribution in [0.1, 0.15) is 57.2 Å². The molecule has 3 aromatic heterocycles. The fourth-order valence-corrected chi connectivity index (χ4v) is 5.97. The number of amides is 1. The lowest BCUT2D eigenvalue weighted by Gasteiger charge is -2.21. The minimum Gasteiger partial charge on any atom is -0.348 e. The van der Waals surface area contributed by atoms with Gasteiger partial charge in [0.15, 0.2) is 0 Å². The SMILES string of the molecule is CC1CCc2cc(C#Cc3cc(C(=O)NCc4ccn5ccnc5c4)ccc3SCc3ccn(C)n3)ccc2C1. The van der Waals surface area contributed by atoms with E-state index in [1.807, 2.05) is 71.1 Å². The maximum Gasteiger partial charge on any atom is 0.251 e. The Balaban J connectivity index is 1.23. The van der Waals surface area contributed by atoms with Crippen molar-refractivity contribution in [3.05, 3.63) is 118 Å². The summed E-state index contributed by atoms with van der Waals surface area (Å²) in [5.74, 6) is 8.11. The van der Waals surface area contributed by atoms with Crippen molar-refractivity contribution >= 4 is 23.3 Å². The second-order valence-electron chi connectivity index (χ2n) is 10.5. The van der Waals surface area contributed by atoms with Crippen LogP contribution in [-0.4, -0.2) is 25.1 Å². The molecule has 3 heterocycles. The summed E-state index contributed by atoms with van der Waals surface area (Å²) in [6.45, 7) is 2.75. The zero-order chi connectivity index (χ0) is 27.5. The zero-order valence-corrected chi connectivity index (χ0v) is 23.5. The number of nitrogens with one attached hydrogen (secondary N) is 1. The van der Waals surface area contributed by atoms with Crippen molar-refractivity contribution in [1.29, 1.82) is 0 Å². The second kappa shape index (κ2) is 11.4. The quantitative estimate of drug-likeness (QED) is 0.216. The minimum absolute atomic E-state index is 0.129. The summed E-state index contributed by atoms with van der Waals surface area (Å²) < 4.78 is 3.76. The highest BCUT2D eigenvalue weighted by atomic mass is 32.2. The lowest BCUT2D eigenvalue weighted by atomic mass is 9.84. The molecule has 6 rings (SSSR count). The molecule has 0 bridgehead atoms. The summed E-state index contributed by atoms with van der Waals surface area (Å²) in [6.07, 6.45) is 11.0. The van der Waals surface area contributed by atoms with Gasteiger partial charge in [-0.1, -0.05) is 24.8 Å². The van der Waals surface area contributed by atoms with E-state index in [4.69, 9.17) is 0 Å². The first-order valence-electron chi connectivity index (χ1n) is 13.6. The molecule has 1 aliphatic rings. The number of nitrogens with zero attached hydrogens (tertiary/aromatic N) is 4. The first-order chi connectivity index (χ1) is 19.5. The highest BCUT2D eigenvalue weighted by Gasteiger charge is 2.15. The van der Waals surface area contributed by atoms with Crippen LogP contribution < -0.4 is 5.32 Å². The van der Waals surface area contributed by atoms with Crippen LogP contribution >= 0.6 is 11.8 Å². The highest BCUT2D eigenvalue weighted by Crippen LogP contribution is 2.28. The van der Waals surface area contributed by atoms with Gasteiger partial charge >= 0.3 is 0 Å². The van der Waals surface area contributed by atoms with Crippen molar-refractivity contribution < 1.29 is 4.79 Å². The molecule has 0 spiro atoms. The fraction of sp³-hybridized carbons (Fsp3) is 0.242. The van der Waals surface area contributed by atoms with Crippen LogP contribution in [0, 0.1) is 17.8 Å². The zero-order valence-electron chi connectivity index (χ0n) is 22.7. The molecule has 1 aliphatic carbocycles. The van der Waals surface area contributed by atoms with Gasteiger partial charge in [-0.3, -0.25) is 9.48 Å². The molecule has 5 aromatic rings. The Morgan fingerprint density at radius 2 is 1.98 bits per heavy atom. The number of hydrogen-bond acceptors (Lipinski definition) is 4. The van der Waals surface area contributed by atoms with Crippen LogP contribution in [-0.2, 0) is 32.2 Å². The number of rotatable bonds is 6. The molecule has 200 valence electrons. The molecule has 0 aliphatic heterocycles. The number of fused-ring (bicyclic) bond motifs is 2. The van der Waals surface area contributed by atoms with E-state index in [2.05, 4.69) is 52.4 Å². The van der Waals surface area contributed by atoms with Crippen molar-refractivity contribution in [2.24, 2.45) is 13.0 Å². The van der Waals surface area contributed by atoms with E-state index in [1.54, 1.807) is 18.0 Å². The molecule has 0 saturated carbocycles. The first kappa shape index (κ1) is 26.0. The average molecular weight is 546 g/mol. The summed E-state index contributed by atoms with van der Waals surface area (Å²) in [4.78, 5) is 18.5. The predicted octanol–water partition coefficient (Wildman–Crippen LogP) is 5.81. The third-order valence-corrected chi connectivity index (χ3v) is 8.43. The summed E-state index contributed by atoms with van der Waals surface area (Å²) in [6, 6.07) is 18.4. The molecule has 0 fully saturated rings. The van der Waals surface area contributed by atoms with E-state index in [0.29, 0.717) is 12.1 Å². The maximum atomic E-state index is 13.1. The van der Waals surface area contributed by atoms with Crippen LogP contribution in [0.5, 0.6) is 0 Å². The van der Waals surface area contributed by atoms with Gasteiger partial charge in [0.2, 0.25) is 0 Å². The van der Waals surface area contributed by atoms with Crippen molar-refractivity contribution in [3.8, 4) is 11.8 Å². The van der Waals surface area contributed by atoms with Gasteiger partial charge in [0.25, 0.3) is 5.91 Å². The summed E-state index contributed by atoms with van der Waals surface area (Å²) in [5.41, 5.74) is 8.17. The van der Waals surface area contributed by atoms with Crippen molar-refractivity contribution in [2.75, 3.05) is 0 Å². The number of thioether (sulfide) groups is 1. The van der Waals surface area contributed by atoms with Gasteiger partial charge in [-0.05, 0) is 90.4 Å². The van der Waals surface area contributed by atoms with Gasteiger partial charge < -0.3 is 9.72 Å². The third kappa shape index (κ3) is 5.98. The molecule has 0 radical (unpaired) electrons. The van der Waals surface area contributed by atoms with Crippen LogP contribution in [0.3, 0.4) is 0 Å². The highest BCUT2D eigenvalue weighted by molar-refractivity contribution is 7.98. The van der Waals surface area contributed by atoms with E-state index in [9.17, 15) is 4.79 Å². The predicted molar refractivity (Wildman–Crippen MR) is 159 cm³/mol. The number of aryl methyl sites for hydroxylation is 2. The Morgan fingerprint density at radius 1 is 1.05 bits per heavy atom. The maximum absolute atomic E-state index is 13.1. The number of hydrogen-bond donors (Lipinski definition) is 1. The standard InChI is InChI=1S/C33H31N5OS/c1-23-3-6-27-18-24(4-7-26(27)17-23)5-8-28-20-29(9-10-31(28)40-22-30-12-14-37(2)36-30)33(39)35-21-25-11-15-38-16-13-34-32(38)19-25/h4,7,9-16,18-20,23H,3,6,17,21-22H2,1-2H3,(H,35,39). The van der Waals surface area contributed by atoms with E-state index >= 15 is 0 Å². The Bertz CT molecular complexity index is 1760. The van der Waals surface area contributed by atoms with Gasteiger partial charge in [-0.15, -0.1) is 11.8 Å². The van der Waals surface area contributed by atoms with Gasteiger partial charge in [0, 0.05) is 65.7 Å². The molecule has 6 nitrogen and oxygen atoms in total. The van der Waals surface area contributed by atoms with Crippen molar-refractivity contribution in [2.45, 2.75) is 43.4 Å². The number of aromatic nitrogens is 4. The summed E-state index contributed by atoms with van der Waals surface area (Å²) >= 11 is 1.68. The Hall–Kier alpha value is -4.28. The molecule has 1 atom stereocenters. The van der Waals surface area contributed by atoms with E-state index in [-0.39, 0.29) is 5.91 Å². The third-order valence-electron chi connectivity index (χ3n) is 7.32. The molecule has 0 saturated heterocycles. The molecule has 7 heteroatoms. The van der Waals surface area contributed by atoms with Gasteiger partial charge in [-0.25, -0.2) is 4.98 Å². The number of imidazole rings is 1. The average Bonchev–Trinajstić information content (AvgIpc) is 3.62. The van der Waals surface area contributed by atoms with Crippen LogP contribution in [0.25, 0.3) is 5.65 Å². The lowest BCUT2D eigenvalue weighted by molar-refractivity contribution is 0.0951. The Kier molecular flexibility index (Phi) is 7.43. The molecular weight excluding hydrogens is 514 g/mol. The lowest BCUT2D eigenvalue weighted by Crippen LogP contribution is -2.23. The van der Waals surface area contributed by atoms with Gasteiger partial charge in [0.05, 0.1) is 5.69 Å². The first-order valence-corrected chi connectivity index (χ1v) is 14.6. The Morgan fingerprint density at radius 3 is 2.85 bits per heavy atom. The fourth-order valence-electron chi connectivity index (χ4n) is 5.09. The number of carbonyl (C=O) groups is 1. The van der Waals surface area contributed by atoms with E-state index in [0.717, 1.165) is 57.4 Å². The van der Waals surface area contributed by atoms with Crippen molar-refractivity contribution in [3.63, 3.8) is 0 Å². The molecule has 2 aromatic carbocycles. The largest absolute Gasteiger partial charge is 0.348 e. The monoisotopic (exact) mass is 545 g/mol. The smallest absolute Gasteiger partial charge is 0.251 e. The molecule has 1 unspecified atom stereocenters. The number of benzene rings is 2. The minimum atomic E-state index is -0.129. The summed E-state index contributed by atoms with van der Waals surface area (Å²) in [5, 5.41) is 7.55. The number of carbonyl (C=O) groups excluding carboxylic acids is 1. The summed E-state index contributed by atoms with van der Waals surface area (Å²) in [7, 11) is 1.92. The molecule has 1 amide bonds. The van der Waals surface area contributed by atoms with Gasteiger partial charge in [-0.2, -0.15) is 5.10 Å². The molecular formula is C33H31N5OS. The van der Waals surface area contributed by atoms with Crippen LogP contribution in [0.4, 0.5) is 0 Å². The number of pyridine rings is 1. The van der Waals surface area contributed by atoms with Crippen LogP contribution in [0.2, 0.25) is 0 Å². The topological polar surface area (TPSA) is 64.2 Å². The molecule has 40 heavy (non-hydrogen) atoms. The van der Waals surface area contributed by atoms with Crippen molar-refractivity contribution in [1.82, 2.24) is 24.5 Å².